The van der Waals surface area contributed by atoms with Gasteiger partial charge in [0.2, 0.25) is 0 Å². The predicted octanol–water partition coefficient (Wildman–Crippen LogP) is 4.59. The summed E-state index contributed by atoms with van der Waals surface area (Å²) in [6, 6.07) is 6.05. The summed E-state index contributed by atoms with van der Waals surface area (Å²) in [4.78, 5) is 3.30. The molecule has 0 spiro atoms. The van der Waals surface area contributed by atoms with Gasteiger partial charge in [-0.1, -0.05) is 30.5 Å². The van der Waals surface area contributed by atoms with Gasteiger partial charge in [-0.2, -0.15) is 11.8 Å². The molecule has 1 aromatic heterocycles. The van der Waals surface area contributed by atoms with E-state index >= 15 is 0 Å². The molecular weight excluding hydrogens is 288 g/mol. The fourth-order valence-electron chi connectivity index (χ4n) is 3.20. The molecule has 0 aliphatic heterocycles. The van der Waals surface area contributed by atoms with Crippen LogP contribution in [0, 0.1) is 0 Å². The van der Waals surface area contributed by atoms with Crippen molar-refractivity contribution in [2.45, 2.75) is 37.0 Å². The van der Waals surface area contributed by atoms with E-state index in [0.29, 0.717) is 4.75 Å². The van der Waals surface area contributed by atoms with Gasteiger partial charge in [0.1, 0.15) is 0 Å². The number of halogens is 1. The van der Waals surface area contributed by atoms with E-state index in [0.717, 1.165) is 23.6 Å². The molecule has 2 aromatic rings. The summed E-state index contributed by atoms with van der Waals surface area (Å²) in [6.45, 7) is 2.03. The summed E-state index contributed by atoms with van der Waals surface area (Å²) in [5.74, 6) is 0. The molecule has 0 unspecified atom stereocenters. The number of rotatable bonds is 5. The first-order chi connectivity index (χ1) is 9.72. The van der Waals surface area contributed by atoms with Gasteiger partial charge in [0.15, 0.2) is 0 Å². The van der Waals surface area contributed by atoms with Gasteiger partial charge in [0, 0.05) is 40.0 Å². The van der Waals surface area contributed by atoms with Crippen LogP contribution in [0.5, 0.6) is 0 Å². The Hall–Kier alpha value is -0.640. The first-order valence-corrected chi connectivity index (χ1v) is 8.84. The SMILES string of the molecule is CSC1(CNCc2c[nH]c3cc(Cl)ccc23)CCCC1. The molecule has 4 heteroatoms. The quantitative estimate of drug-likeness (QED) is 0.845. The van der Waals surface area contributed by atoms with Crippen molar-refractivity contribution in [2.75, 3.05) is 12.8 Å². The summed E-state index contributed by atoms with van der Waals surface area (Å²) < 4.78 is 0.468. The highest BCUT2D eigenvalue weighted by Crippen LogP contribution is 2.39. The summed E-state index contributed by atoms with van der Waals surface area (Å²) in [7, 11) is 0. The molecule has 20 heavy (non-hydrogen) atoms. The molecule has 0 radical (unpaired) electrons. The van der Waals surface area contributed by atoms with E-state index in [1.165, 1.54) is 36.6 Å². The van der Waals surface area contributed by atoms with Crippen molar-refractivity contribution in [3.63, 3.8) is 0 Å². The first kappa shape index (κ1) is 14.3. The topological polar surface area (TPSA) is 27.8 Å². The van der Waals surface area contributed by atoms with Gasteiger partial charge in [-0.3, -0.25) is 0 Å². The van der Waals surface area contributed by atoms with Crippen LogP contribution in [-0.4, -0.2) is 22.5 Å². The van der Waals surface area contributed by atoms with Crippen molar-refractivity contribution >= 4 is 34.3 Å². The van der Waals surface area contributed by atoms with Gasteiger partial charge in [0.25, 0.3) is 0 Å². The van der Waals surface area contributed by atoms with Crippen molar-refractivity contribution in [1.82, 2.24) is 10.3 Å². The number of fused-ring (bicyclic) bond motifs is 1. The van der Waals surface area contributed by atoms with E-state index in [2.05, 4.69) is 28.8 Å². The van der Waals surface area contributed by atoms with Crippen molar-refractivity contribution in [3.05, 3.63) is 35.0 Å². The minimum Gasteiger partial charge on any atom is -0.361 e. The lowest BCUT2D eigenvalue weighted by molar-refractivity contribution is 0.534. The van der Waals surface area contributed by atoms with E-state index < -0.39 is 0 Å². The summed E-state index contributed by atoms with van der Waals surface area (Å²) in [5.41, 5.74) is 2.45. The number of hydrogen-bond donors (Lipinski definition) is 2. The second kappa shape index (κ2) is 6.00. The standard InChI is InChI=1S/C16H21ClN2S/c1-20-16(6-2-3-7-16)11-18-9-12-10-19-15-8-13(17)4-5-14(12)15/h4-5,8,10,18-19H,2-3,6-7,9,11H2,1H3. The lowest BCUT2D eigenvalue weighted by Gasteiger charge is -2.27. The van der Waals surface area contributed by atoms with Gasteiger partial charge in [-0.15, -0.1) is 0 Å². The van der Waals surface area contributed by atoms with Crippen molar-refractivity contribution < 1.29 is 0 Å². The lowest BCUT2D eigenvalue weighted by Crippen LogP contribution is -2.34. The van der Waals surface area contributed by atoms with Crippen LogP contribution >= 0.6 is 23.4 Å². The molecule has 1 aliphatic rings. The molecule has 2 nitrogen and oxygen atoms in total. The Morgan fingerprint density at radius 2 is 2.15 bits per heavy atom. The minimum absolute atomic E-state index is 0.468. The second-order valence-corrected chi connectivity index (χ2v) is 7.41. The van der Waals surface area contributed by atoms with E-state index in [1.54, 1.807) is 0 Å². The van der Waals surface area contributed by atoms with Gasteiger partial charge in [-0.05, 0) is 36.8 Å². The molecule has 1 heterocycles. The van der Waals surface area contributed by atoms with Crippen molar-refractivity contribution in [3.8, 4) is 0 Å². The maximum atomic E-state index is 6.02. The fourth-order valence-corrected chi connectivity index (χ4v) is 4.32. The van der Waals surface area contributed by atoms with Crippen LogP contribution in [0.3, 0.4) is 0 Å². The van der Waals surface area contributed by atoms with Gasteiger partial charge < -0.3 is 10.3 Å². The molecular formula is C16H21ClN2S. The Morgan fingerprint density at radius 1 is 1.35 bits per heavy atom. The Balaban J connectivity index is 1.65. The highest BCUT2D eigenvalue weighted by Gasteiger charge is 2.32. The minimum atomic E-state index is 0.468. The molecule has 0 bridgehead atoms. The van der Waals surface area contributed by atoms with E-state index in [4.69, 9.17) is 11.6 Å². The molecule has 1 aliphatic carbocycles. The predicted molar refractivity (Wildman–Crippen MR) is 89.7 cm³/mol. The third-order valence-electron chi connectivity index (χ3n) is 4.44. The van der Waals surface area contributed by atoms with Crippen LogP contribution < -0.4 is 5.32 Å². The summed E-state index contributed by atoms with van der Waals surface area (Å²) in [6.07, 6.45) is 9.81. The van der Waals surface area contributed by atoms with Crippen LogP contribution in [0.25, 0.3) is 10.9 Å². The molecule has 0 amide bonds. The fraction of sp³-hybridized carbons (Fsp3) is 0.500. The normalized spacial score (nSPS) is 17.9. The van der Waals surface area contributed by atoms with Crippen molar-refractivity contribution in [1.29, 1.82) is 0 Å². The number of aromatic nitrogens is 1. The lowest BCUT2D eigenvalue weighted by atomic mass is 10.1. The zero-order valence-electron chi connectivity index (χ0n) is 11.8. The Morgan fingerprint density at radius 3 is 2.90 bits per heavy atom. The van der Waals surface area contributed by atoms with E-state index in [-0.39, 0.29) is 0 Å². The average Bonchev–Trinajstić information content (AvgIpc) is 3.07. The number of thioether (sulfide) groups is 1. The number of benzene rings is 1. The summed E-state index contributed by atoms with van der Waals surface area (Å²) >= 11 is 8.05. The second-order valence-electron chi connectivity index (χ2n) is 5.70. The third-order valence-corrected chi connectivity index (χ3v) is 6.09. The van der Waals surface area contributed by atoms with Crippen LogP contribution in [0.4, 0.5) is 0 Å². The number of hydrogen-bond acceptors (Lipinski definition) is 2. The van der Waals surface area contributed by atoms with Gasteiger partial charge in [-0.25, -0.2) is 0 Å². The molecule has 108 valence electrons. The van der Waals surface area contributed by atoms with Crippen LogP contribution in [0.1, 0.15) is 31.2 Å². The number of aromatic amines is 1. The Labute approximate surface area is 129 Å². The zero-order valence-corrected chi connectivity index (χ0v) is 13.4. The molecule has 1 aromatic carbocycles. The van der Waals surface area contributed by atoms with Crippen molar-refractivity contribution in [2.24, 2.45) is 0 Å². The zero-order chi connectivity index (χ0) is 14.0. The van der Waals surface area contributed by atoms with Crippen LogP contribution in [0.15, 0.2) is 24.4 Å². The van der Waals surface area contributed by atoms with Gasteiger partial charge >= 0.3 is 0 Å². The highest BCUT2D eigenvalue weighted by molar-refractivity contribution is 8.00. The molecule has 0 saturated heterocycles. The van der Waals surface area contributed by atoms with E-state index in [9.17, 15) is 0 Å². The summed E-state index contributed by atoms with van der Waals surface area (Å²) in [5, 5.41) is 5.71. The largest absolute Gasteiger partial charge is 0.361 e. The smallest absolute Gasteiger partial charge is 0.0472 e. The Bertz CT molecular complexity index is 587. The maximum Gasteiger partial charge on any atom is 0.0472 e. The van der Waals surface area contributed by atoms with Gasteiger partial charge in [0.05, 0.1) is 0 Å². The highest BCUT2D eigenvalue weighted by atomic mass is 35.5. The van der Waals surface area contributed by atoms with Crippen LogP contribution in [-0.2, 0) is 6.54 Å². The van der Waals surface area contributed by atoms with Crippen LogP contribution in [0.2, 0.25) is 5.02 Å². The third kappa shape index (κ3) is 2.85. The molecule has 0 atom stereocenters. The maximum absolute atomic E-state index is 6.02. The Kier molecular flexibility index (Phi) is 4.29. The molecule has 1 saturated carbocycles. The monoisotopic (exact) mass is 308 g/mol. The number of nitrogens with one attached hydrogen (secondary N) is 2. The van der Waals surface area contributed by atoms with E-state index in [1.807, 2.05) is 23.9 Å². The molecule has 1 fully saturated rings. The average molecular weight is 309 g/mol. The number of H-pyrrole nitrogens is 1. The molecule has 2 N–H and O–H groups in total. The first-order valence-electron chi connectivity index (χ1n) is 7.24. The molecule has 3 rings (SSSR count).